The van der Waals surface area contributed by atoms with Gasteiger partial charge >= 0.3 is 0 Å². The van der Waals surface area contributed by atoms with Gasteiger partial charge in [0.1, 0.15) is 5.69 Å². The fraction of sp³-hybridized carbons (Fsp3) is 0.0714. The van der Waals surface area contributed by atoms with E-state index in [2.05, 4.69) is 36.5 Å². The summed E-state index contributed by atoms with van der Waals surface area (Å²) >= 11 is 4.63. The summed E-state index contributed by atoms with van der Waals surface area (Å²) in [5.74, 6) is -0.387. The third-order valence-electron chi connectivity index (χ3n) is 2.82. The van der Waals surface area contributed by atoms with Gasteiger partial charge in [-0.25, -0.2) is 4.98 Å². The Morgan fingerprint density at radius 1 is 1.27 bits per heavy atom. The van der Waals surface area contributed by atoms with Gasteiger partial charge in [-0.2, -0.15) is 0 Å². The lowest BCUT2D eigenvalue weighted by Crippen LogP contribution is -2.11. The highest BCUT2D eigenvalue weighted by Crippen LogP contribution is 2.28. The average molecular weight is 379 g/mol. The number of H-pyrrole nitrogens is 1. The van der Waals surface area contributed by atoms with E-state index >= 15 is 0 Å². The minimum absolute atomic E-state index is 0.130. The number of hydrogen-bond acceptors (Lipinski definition) is 4. The van der Waals surface area contributed by atoms with Gasteiger partial charge in [-0.3, -0.25) is 14.9 Å². The van der Waals surface area contributed by atoms with Gasteiger partial charge in [-0.05, 0) is 40.2 Å². The van der Waals surface area contributed by atoms with Crippen molar-refractivity contribution in [2.45, 2.75) is 6.92 Å². The molecule has 0 aliphatic rings. The summed E-state index contributed by atoms with van der Waals surface area (Å²) in [6, 6.07) is 7.10. The average Bonchev–Trinajstić information content (AvgIpc) is 3.03. The summed E-state index contributed by atoms with van der Waals surface area (Å²) in [4.78, 5) is 30.3. The maximum atomic E-state index is 12.1. The van der Waals surface area contributed by atoms with E-state index in [1.807, 2.05) is 6.07 Å². The molecule has 0 fully saturated rings. The fourth-order valence-electron chi connectivity index (χ4n) is 1.92. The zero-order valence-electron chi connectivity index (χ0n) is 11.4. The van der Waals surface area contributed by atoms with E-state index in [-0.39, 0.29) is 11.8 Å². The Morgan fingerprint density at radius 3 is 2.77 bits per heavy atom. The van der Waals surface area contributed by atoms with Gasteiger partial charge in [0.05, 0.1) is 10.2 Å². The molecule has 0 spiro atoms. The molecule has 1 aromatic carbocycles. The molecule has 0 saturated heterocycles. The summed E-state index contributed by atoms with van der Waals surface area (Å²) < 4.78 is 1.69. The lowest BCUT2D eigenvalue weighted by atomic mass is 10.3. The van der Waals surface area contributed by atoms with Crippen LogP contribution in [0.2, 0.25) is 0 Å². The Bertz CT molecular complexity index is 871. The Balaban J connectivity index is 1.82. The molecule has 8 heteroatoms. The molecule has 0 aliphatic carbocycles. The van der Waals surface area contributed by atoms with E-state index in [4.69, 9.17) is 0 Å². The van der Waals surface area contributed by atoms with Crippen molar-refractivity contribution in [2.24, 2.45) is 0 Å². The maximum absolute atomic E-state index is 12.1. The monoisotopic (exact) mass is 378 g/mol. The number of hydrogen-bond donors (Lipinski definition) is 3. The quantitative estimate of drug-likeness (QED) is 0.650. The molecule has 0 atom stereocenters. The lowest BCUT2D eigenvalue weighted by molar-refractivity contribution is -0.114. The molecular weight excluding hydrogens is 368 g/mol. The van der Waals surface area contributed by atoms with Crippen LogP contribution in [-0.2, 0) is 4.79 Å². The number of carbonyl (C=O) groups is 2. The van der Waals surface area contributed by atoms with Gasteiger partial charge in [0.25, 0.3) is 5.91 Å². The van der Waals surface area contributed by atoms with E-state index in [1.165, 1.54) is 18.3 Å². The topological polar surface area (TPSA) is 86.9 Å². The highest BCUT2D eigenvalue weighted by atomic mass is 79.9. The van der Waals surface area contributed by atoms with Crippen molar-refractivity contribution in [3.8, 4) is 0 Å². The number of benzene rings is 1. The van der Waals surface area contributed by atoms with Crippen molar-refractivity contribution in [1.29, 1.82) is 0 Å². The molecule has 0 saturated carbocycles. The van der Waals surface area contributed by atoms with Crippen LogP contribution in [0.3, 0.4) is 0 Å². The summed E-state index contributed by atoms with van der Waals surface area (Å²) in [6.45, 7) is 1.46. The largest absolute Gasteiger partial charge is 0.356 e. The van der Waals surface area contributed by atoms with Crippen molar-refractivity contribution >= 4 is 60.1 Å². The van der Waals surface area contributed by atoms with Gasteiger partial charge in [0, 0.05) is 23.3 Å². The van der Waals surface area contributed by atoms with Crippen LogP contribution in [0.15, 0.2) is 34.9 Å². The molecule has 3 aromatic rings. The van der Waals surface area contributed by atoms with Crippen LogP contribution in [0.5, 0.6) is 0 Å². The zero-order valence-corrected chi connectivity index (χ0v) is 13.8. The number of nitrogens with one attached hydrogen (secondary N) is 3. The summed E-state index contributed by atoms with van der Waals surface area (Å²) in [5, 5.41) is 5.97. The second-order valence-electron chi connectivity index (χ2n) is 4.57. The van der Waals surface area contributed by atoms with Gasteiger partial charge in [0.2, 0.25) is 5.91 Å². The molecular formula is C14H11BrN4O2S. The molecule has 6 nitrogen and oxygen atoms in total. The first-order chi connectivity index (χ1) is 10.5. The van der Waals surface area contributed by atoms with Crippen molar-refractivity contribution in [3.63, 3.8) is 0 Å². The molecule has 3 N–H and O–H groups in total. The zero-order chi connectivity index (χ0) is 15.7. The Morgan fingerprint density at radius 2 is 2.09 bits per heavy atom. The first-order valence-corrected chi connectivity index (χ1v) is 7.95. The van der Waals surface area contributed by atoms with Crippen LogP contribution in [0, 0.1) is 0 Å². The number of aromatic amines is 1. The molecule has 3 rings (SSSR count). The van der Waals surface area contributed by atoms with Crippen LogP contribution in [0.4, 0.5) is 10.8 Å². The standard InChI is InChI=1S/C14H11BrN4O2S/c1-7(20)17-9-2-3-10-12(5-9)22-14(18-10)19-13(21)11-4-8(15)6-16-11/h2-6,16H,1H3,(H,17,20)(H,18,19,21). The van der Waals surface area contributed by atoms with E-state index < -0.39 is 0 Å². The second kappa shape index (κ2) is 5.90. The predicted octanol–water partition coefficient (Wildman–Crippen LogP) is 3.60. The summed E-state index contributed by atoms with van der Waals surface area (Å²) in [5.41, 5.74) is 1.92. The SMILES string of the molecule is CC(=O)Nc1ccc2nc(NC(=O)c3cc(Br)c[nH]3)sc2c1. The molecule has 0 aliphatic heterocycles. The van der Waals surface area contributed by atoms with Crippen LogP contribution >= 0.6 is 27.3 Å². The first kappa shape index (κ1) is 14.7. The Kier molecular flexibility index (Phi) is 3.95. The van der Waals surface area contributed by atoms with Crippen molar-refractivity contribution in [1.82, 2.24) is 9.97 Å². The number of amides is 2. The molecule has 0 unspecified atom stereocenters. The van der Waals surface area contributed by atoms with Gasteiger partial charge in [-0.1, -0.05) is 11.3 Å². The molecule has 112 valence electrons. The van der Waals surface area contributed by atoms with Crippen LogP contribution in [-0.4, -0.2) is 21.8 Å². The van der Waals surface area contributed by atoms with Crippen LogP contribution in [0.1, 0.15) is 17.4 Å². The van der Waals surface area contributed by atoms with Gasteiger partial charge in [-0.15, -0.1) is 0 Å². The number of thiazole rings is 1. The minimum atomic E-state index is -0.258. The van der Waals surface area contributed by atoms with E-state index in [0.29, 0.717) is 16.5 Å². The molecule has 2 aromatic heterocycles. The minimum Gasteiger partial charge on any atom is -0.356 e. The van der Waals surface area contributed by atoms with E-state index in [1.54, 1.807) is 24.4 Å². The summed E-state index contributed by atoms with van der Waals surface area (Å²) in [6.07, 6.45) is 1.69. The van der Waals surface area contributed by atoms with Crippen LogP contribution < -0.4 is 10.6 Å². The van der Waals surface area contributed by atoms with Crippen LogP contribution in [0.25, 0.3) is 10.2 Å². The first-order valence-electron chi connectivity index (χ1n) is 6.35. The van der Waals surface area contributed by atoms with Gasteiger partial charge in [0.15, 0.2) is 5.13 Å². The number of aromatic nitrogens is 2. The normalized spacial score (nSPS) is 10.6. The maximum Gasteiger partial charge on any atom is 0.273 e. The van der Waals surface area contributed by atoms with E-state index in [9.17, 15) is 9.59 Å². The Labute approximate surface area is 138 Å². The number of anilines is 2. The number of rotatable bonds is 3. The molecule has 0 bridgehead atoms. The predicted molar refractivity (Wildman–Crippen MR) is 90.4 cm³/mol. The third-order valence-corrected chi connectivity index (χ3v) is 4.21. The second-order valence-corrected chi connectivity index (χ2v) is 6.51. The molecule has 0 radical (unpaired) electrons. The lowest BCUT2D eigenvalue weighted by Gasteiger charge is -1.99. The fourth-order valence-corrected chi connectivity index (χ4v) is 3.17. The number of fused-ring (bicyclic) bond motifs is 1. The highest BCUT2D eigenvalue weighted by molar-refractivity contribution is 9.10. The smallest absolute Gasteiger partial charge is 0.273 e. The number of nitrogens with zero attached hydrogens (tertiary/aromatic N) is 1. The highest BCUT2D eigenvalue weighted by Gasteiger charge is 2.12. The van der Waals surface area contributed by atoms with Gasteiger partial charge < -0.3 is 10.3 Å². The third kappa shape index (κ3) is 3.18. The molecule has 2 heterocycles. The van der Waals surface area contributed by atoms with E-state index in [0.717, 1.165) is 14.7 Å². The Hall–Kier alpha value is -2.19. The van der Waals surface area contributed by atoms with Crippen molar-refractivity contribution in [3.05, 3.63) is 40.6 Å². The summed E-state index contributed by atoms with van der Waals surface area (Å²) in [7, 11) is 0. The number of halogens is 1. The molecule has 22 heavy (non-hydrogen) atoms. The number of carbonyl (C=O) groups excluding carboxylic acids is 2. The molecule has 2 amide bonds. The van der Waals surface area contributed by atoms with Crippen molar-refractivity contribution < 1.29 is 9.59 Å². The van der Waals surface area contributed by atoms with Crippen molar-refractivity contribution in [2.75, 3.05) is 10.6 Å².